The Morgan fingerprint density at radius 1 is 1.24 bits per heavy atom. The van der Waals surface area contributed by atoms with Gasteiger partial charge in [0.1, 0.15) is 0 Å². The minimum Gasteiger partial charge on any atom is -0.505 e. The number of rotatable bonds is 10. The zero-order valence-corrected chi connectivity index (χ0v) is 20.5. The van der Waals surface area contributed by atoms with E-state index in [-0.39, 0.29) is 17.8 Å². The first-order valence-corrected chi connectivity index (χ1v) is 12.1. The highest BCUT2D eigenvalue weighted by atomic mass is 19.2. The van der Waals surface area contributed by atoms with Gasteiger partial charge in [-0.1, -0.05) is 19.1 Å². The Labute approximate surface area is 213 Å². The maximum Gasteiger partial charge on any atom is 0.201 e. The van der Waals surface area contributed by atoms with Crippen LogP contribution in [0.25, 0.3) is 23.2 Å². The normalized spacial score (nSPS) is 12.6. The highest BCUT2D eigenvalue weighted by Crippen LogP contribution is 2.33. The summed E-state index contributed by atoms with van der Waals surface area (Å²) >= 11 is 0. The number of anilines is 1. The van der Waals surface area contributed by atoms with Crippen molar-refractivity contribution in [2.45, 2.75) is 39.0 Å². The summed E-state index contributed by atoms with van der Waals surface area (Å²) in [7, 11) is 0. The van der Waals surface area contributed by atoms with E-state index >= 15 is 0 Å². The Kier molecular flexibility index (Phi) is 7.93. The van der Waals surface area contributed by atoms with Crippen molar-refractivity contribution >= 4 is 29.1 Å². The van der Waals surface area contributed by atoms with Gasteiger partial charge in [-0.15, -0.1) is 0 Å². The number of halogens is 2. The van der Waals surface area contributed by atoms with E-state index in [1.54, 1.807) is 22.9 Å². The van der Waals surface area contributed by atoms with Crippen LogP contribution in [0.15, 0.2) is 48.7 Å². The van der Waals surface area contributed by atoms with Gasteiger partial charge in [0.25, 0.3) is 0 Å². The van der Waals surface area contributed by atoms with Crippen molar-refractivity contribution in [3.05, 3.63) is 77.3 Å². The summed E-state index contributed by atoms with van der Waals surface area (Å²) in [4.78, 5) is 17.3. The van der Waals surface area contributed by atoms with Crippen LogP contribution in [-0.4, -0.2) is 32.7 Å². The van der Waals surface area contributed by atoms with E-state index in [2.05, 4.69) is 10.3 Å². The quantitative estimate of drug-likeness (QED) is 0.207. The Bertz CT molecular complexity index is 1410. The third kappa shape index (κ3) is 5.51. The second-order valence-corrected chi connectivity index (χ2v) is 8.78. The second kappa shape index (κ2) is 11.3. The lowest BCUT2D eigenvalue weighted by Gasteiger charge is -2.15. The first kappa shape index (κ1) is 26.0. The lowest BCUT2D eigenvalue weighted by molar-refractivity contribution is 0.0999. The molecule has 1 aliphatic heterocycles. The molecule has 1 aromatic heterocycles. The van der Waals surface area contributed by atoms with Crippen LogP contribution in [0.4, 0.5) is 14.5 Å². The Morgan fingerprint density at radius 3 is 2.81 bits per heavy atom. The minimum atomic E-state index is -1.31. The van der Waals surface area contributed by atoms with E-state index in [0.29, 0.717) is 60.7 Å². The van der Waals surface area contributed by atoms with Crippen LogP contribution in [0.5, 0.6) is 5.75 Å². The van der Waals surface area contributed by atoms with Crippen molar-refractivity contribution < 1.29 is 18.7 Å². The van der Waals surface area contributed by atoms with E-state index in [1.165, 1.54) is 12.3 Å². The number of imidazole rings is 1. The second-order valence-electron chi connectivity index (χ2n) is 8.78. The molecule has 0 bridgehead atoms. The van der Waals surface area contributed by atoms with E-state index in [0.717, 1.165) is 17.3 Å². The van der Waals surface area contributed by atoms with Gasteiger partial charge in [-0.3, -0.25) is 9.36 Å². The largest absolute Gasteiger partial charge is 0.505 e. The molecule has 1 aliphatic rings. The zero-order valence-electron chi connectivity index (χ0n) is 20.5. The van der Waals surface area contributed by atoms with Gasteiger partial charge in [0.2, 0.25) is 5.82 Å². The van der Waals surface area contributed by atoms with E-state index in [1.807, 2.05) is 25.1 Å². The van der Waals surface area contributed by atoms with Crippen molar-refractivity contribution in [3.8, 4) is 17.0 Å². The highest BCUT2D eigenvalue weighted by molar-refractivity contribution is 6.09. The number of Topliss-reactive ketones (excluding diaryl/α,β-unsaturated/α-hetero) is 1. The number of fused-ring (bicyclic) bond motifs is 1. The monoisotopic (exact) mass is 505 g/mol. The number of hydrogen-bond donors (Lipinski definition) is 4. The van der Waals surface area contributed by atoms with Crippen LogP contribution >= 0.6 is 0 Å². The predicted octanol–water partition coefficient (Wildman–Crippen LogP) is 5.76. The third-order valence-electron chi connectivity index (χ3n) is 6.21. The summed E-state index contributed by atoms with van der Waals surface area (Å²) in [6.07, 6.45) is 9.50. The molecule has 192 valence electrons. The molecule has 0 fully saturated rings. The summed E-state index contributed by atoms with van der Waals surface area (Å²) < 4.78 is 30.3. The fraction of sp³-hybridized carbons (Fsp3) is 0.250. The van der Waals surface area contributed by atoms with Gasteiger partial charge in [-0.25, -0.2) is 9.37 Å². The average molecular weight is 506 g/mol. The van der Waals surface area contributed by atoms with Crippen molar-refractivity contribution in [1.29, 1.82) is 5.41 Å². The molecule has 0 atom stereocenters. The number of allylic oxidation sites excluding steroid dienone is 2. The molecule has 0 amide bonds. The lowest BCUT2D eigenvalue weighted by Crippen LogP contribution is -2.12. The highest BCUT2D eigenvalue weighted by Gasteiger charge is 2.21. The Morgan fingerprint density at radius 2 is 2.05 bits per heavy atom. The standard InChI is InChI=1S/C28H29F2N5O2/c1-2-17-14-19(8-9-20(17)25(37)15-18(32)6-5-12-31)34-22-7-3-4-13-35-23(16-33-28(22)35)21-10-11-24(36)27(30)26(21)29/h4,7-11,13-14,16,32,34,36H,2-3,5-6,12,15,31H2,1H3. The van der Waals surface area contributed by atoms with Gasteiger partial charge in [-0.2, -0.15) is 4.39 Å². The van der Waals surface area contributed by atoms with Gasteiger partial charge in [-0.05, 0) is 68.1 Å². The average Bonchev–Trinajstić information content (AvgIpc) is 3.20. The van der Waals surface area contributed by atoms with Crippen LogP contribution in [-0.2, 0) is 6.42 Å². The summed E-state index contributed by atoms with van der Waals surface area (Å²) in [5, 5.41) is 20.9. The summed E-state index contributed by atoms with van der Waals surface area (Å²) in [6, 6.07) is 7.89. The van der Waals surface area contributed by atoms with Crippen LogP contribution in [0, 0.1) is 17.0 Å². The molecule has 2 aromatic carbocycles. The van der Waals surface area contributed by atoms with E-state index in [4.69, 9.17) is 11.1 Å². The first-order valence-electron chi connectivity index (χ1n) is 12.1. The molecule has 0 saturated carbocycles. The molecular weight excluding hydrogens is 476 g/mol. The summed E-state index contributed by atoms with van der Waals surface area (Å²) in [5.41, 5.74) is 9.07. The SMILES string of the molecule is CCc1cc(NC2=CCC=Cn3c(-c4ccc(O)c(F)c4F)cnc32)ccc1C(=O)CC(=N)CCCN. The summed E-state index contributed by atoms with van der Waals surface area (Å²) in [6.45, 7) is 2.46. The van der Waals surface area contributed by atoms with Gasteiger partial charge >= 0.3 is 0 Å². The number of aromatic nitrogens is 2. The molecule has 0 saturated heterocycles. The molecule has 0 unspecified atom stereocenters. The topological polar surface area (TPSA) is 117 Å². The number of phenols is 1. The molecule has 7 nitrogen and oxygen atoms in total. The molecule has 5 N–H and O–H groups in total. The van der Waals surface area contributed by atoms with E-state index < -0.39 is 17.4 Å². The van der Waals surface area contributed by atoms with Crippen molar-refractivity contribution in [2.75, 3.05) is 11.9 Å². The lowest BCUT2D eigenvalue weighted by atomic mass is 9.96. The maximum absolute atomic E-state index is 14.6. The molecule has 0 aliphatic carbocycles. The van der Waals surface area contributed by atoms with Crippen LogP contribution in [0.1, 0.15) is 54.4 Å². The van der Waals surface area contributed by atoms with Gasteiger partial charge in [0.05, 0.1) is 17.6 Å². The van der Waals surface area contributed by atoms with Crippen molar-refractivity contribution in [1.82, 2.24) is 9.55 Å². The maximum atomic E-state index is 14.6. The number of aromatic hydroxyl groups is 1. The molecular formula is C28H29F2N5O2. The van der Waals surface area contributed by atoms with Crippen molar-refractivity contribution in [2.24, 2.45) is 5.73 Å². The van der Waals surface area contributed by atoms with Gasteiger partial charge in [0.15, 0.2) is 23.2 Å². The molecule has 2 heterocycles. The number of hydrogen-bond acceptors (Lipinski definition) is 6. The number of nitrogens with one attached hydrogen (secondary N) is 2. The predicted molar refractivity (Wildman–Crippen MR) is 142 cm³/mol. The number of phenolic OH excluding ortho intramolecular Hbond substituents is 1. The smallest absolute Gasteiger partial charge is 0.201 e. The van der Waals surface area contributed by atoms with Gasteiger partial charge in [0, 0.05) is 35.1 Å². The molecule has 4 rings (SSSR count). The van der Waals surface area contributed by atoms with Crippen LogP contribution < -0.4 is 11.1 Å². The number of benzene rings is 2. The molecule has 9 heteroatoms. The van der Waals surface area contributed by atoms with Crippen LogP contribution in [0.3, 0.4) is 0 Å². The first-order chi connectivity index (χ1) is 17.8. The van der Waals surface area contributed by atoms with Gasteiger partial charge < -0.3 is 21.6 Å². The fourth-order valence-electron chi connectivity index (χ4n) is 4.28. The zero-order chi connectivity index (χ0) is 26.5. The molecule has 37 heavy (non-hydrogen) atoms. The Hall–Kier alpha value is -4.11. The summed E-state index contributed by atoms with van der Waals surface area (Å²) in [5.74, 6) is -2.80. The molecule has 0 spiro atoms. The number of ketones is 1. The number of carbonyl (C=O) groups is 1. The van der Waals surface area contributed by atoms with E-state index in [9.17, 15) is 18.7 Å². The van der Waals surface area contributed by atoms with Crippen molar-refractivity contribution in [3.63, 3.8) is 0 Å². The number of carbonyl (C=O) groups excluding carboxylic acids is 1. The number of aryl methyl sites for hydroxylation is 1. The fourth-order valence-corrected chi connectivity index (χ4v) is 4.28. The molecule has 3 aromatic rings. The third-order valence-corrected chi connectivity index (χ3v) is 6.21. The number of nitrogens with two attached hydrogens (primary N) is 1. The Balaban J connectivity index is 1.60. The van der Waals surface area contributed by atoms with Crippen LogP contribution in [0.2, 0.25) is 0 Å². The number of nitrogens with zero attached hydrogens (tertiary/aromatic N) is 2. The molecule has 0 radical (unpaired) electrons. The minimum absolute atomic E-state index is 0.0203.